The highest BCUT2D eigenvalue weighted by Gasteiger charge is 2.16. The van der Waals surface area contributed by atoms with E-state index in [1.807, 2.05) is 18.2 Å². The Morgan fingerprint density at radius 1 is 1.25 bits per heavy atom. The van der Waals surface area contributed by atoms with Gasteiger partial charge >= 0.3 is 0 Å². The van der Waals surface area contributed by atoms with Crippen LogP contribution in [0.3, 0.4) is 0 Å². The van der Waals surface area contributed by atoms with Crippen LogP contribution in [0, 0.1) is 10.1 Å². The molecule has 104 valence electrons. The van der Waals surface area contributed by atoms with E-state index in [2.05, 4.69) is 5.43 Å². The van der Waals surface area contributed by atoms with Crippen molar-refractivity contribution in [2.45, 2.75) is 10.6 Å². The van der Waals surface area contributed by atoms with Gasteiger partial charge < -0.3 is 5.43 Å². The van der Waals surface area contributed by atoms with Gasteiger partial charge in [-0.05, 0) is 17.7 Å². The summed E-state index contributed by atoms with van der Waals surface area (Å²) >= 11 is 7.58. The molecule has 0 unspecified atom stereocenters. The SMILES string of the molecule is NNc1c(CSc2ccccc2Cl)cccc1[N+](=O)[O-]. The third-order valence-corrected chi connectivity index (χ3v) is 4.25. The van der Waals surface area contributed by atoms with E-state index in [-0.39, 0.29) is 5.69 Å². The van der Waals surface area contributed by atoms with Crippen LogP contribution in [-0.4, -0.2) is 4.92 Å². The summed E-state index contributed by atoms with van der Waals surface area (Å²) in [7, 11) is 0. The van der Waals surface area contributed by atoms with Crippen LogP contribution in [0.5, 0.6) is 0 Å². The lowest BCUT2D eigenvalue weighted by molar-refractivity contribution is -0.384. The van der Waals surface area contributed by atoms with E-state index in [4.69, 9.17) is 17.4 Å². The first-order valence-electron chi connectivity index (χ1n) is 5.73. The summed E-state index contributed by atoms with van der Waals surface area (Å²) < 4.78 is 0. The Balaban J connectivity index is 2.24. The molecule has 0 spiro atoms. The van der Waals surface area contributed by atoms with Crippen molar-refractivity contribution in [3.05, 3.63) is 63.2 Å². The van der Waals surface area contributed by atoms with Crippen molar-refractivity contribution < 1.29 is 4.92 Å². The summed E-state index contributed by atoms with van der Waals surface area (Å²) in [6.07, 6.45) is 0. The normalized spacial score (nSPS) is 10.3. The second-order valence-electron chi connectivity index (χ2n) is 3.93. The zero-order chi connectivity index (χ0) is 14.5. The number of hydrazine groups is 1. The van der Waals surface area contributed by atoms with Crippen molar-refractivity contribution >= 4 is 34.7 Å². The number of benzene rings is 2. The molecule has 0 fully saturated rings. The van der Waals surface area contributed by atoms with Crippen LogP contribution in [0.1, 0.15) is 5.56 Å². The van der Waals surface area contributed by atoms with Crippen LogP contribution in [0.15, 0.2) is 47.4 Å². The minimum atomic E-state index is -0.459. The second-order valence-corrected chi connectivity index (χ2v) is 5.36. The number of nitro benzene ring substituents is 1. The van der Waals surface area contributed by atoms with Crippen molar-refractivity contribution in [3.63, 3.8) is 0 Å². The lowest BCUT2D eigenvalue weighted by Crippen LogP contribution is -2.11. The smallest absolute Gasteiger partial charge is 0.293 e. The summed E-state index contributed by atoms with van der Waals surface area (Å²) in [6, 6.07) is 12.3. The average molecular weight is 310 g/mol. The molecule has 0 heterocycles. The van der Waals surface area contributed by atoms with E-state index >= 15 is 0 Å². The first kappa shape index (κ1) is 14.6. The Labute approximate surface area is 125 Å². The molecule has 0 saturated heterocycles. The third kappa shape index (κ3) is 3.22. The number of hydrogen-bond donors (Lipinski definition) is 2. The topological polar surface area (TPSA) is 81.2 Å². The molecule has 2 aromatic rings. The maximum atomic E-state index is 10.9. The number of anilines is 1. The molecule has 2 aromatic carbocycles. The minimum Gasteiger partial charge on any atom is -0.318 e. The highest BCUT2D eigenvalue weighted by atomic mass is 35.5. The Morgan fingerprint density at radius 2 is 2.00 bits per heavy atom. The predicted molar refractivity (Wildman–Crippen MR) is 81.9 cm³/mol. The summed E-state index contributed by atoms with van der Waals surface area (Å²) in [5, 5.41) is 11.6. The molecule has 20 heavy (non-hydrogen) atoms. The number of nitrogens with one attached hydrogen (secondary N) is 1. The summed E-state index contributed by atoms with van der Waals surface area (Å²) in [5.41, 5.74) is 3.46. The fourth-order valence-electron chi connectivity index (χ4n) is 1.74. The first-order valence-corrected chi connectivity index (χ1v) is 7.10. The molecule has 0 radical (unpaired) electrons. The number of para-hydroxylation sites is 1. The van der Waals surface area contributed by atoms with E-state index in [0.29, 0.717) is 16.5 Å². The summed E-state index contributed by atoms with van der Waals surface area (Å²) in [4.78, 5) is 11.4. The summed E-state index contributed by atoms with van der Waals surface area (Å²) in [5.74, 6) is 5.93. The monoisotopic (exact) mass is 309 g/mol. The predicted octanol–water partition coefficient (Wildman–Crippen LogP) is 3.83. The lowest BCUT2D eigenvalue weighted by atomic mass is 10.2. The van der Waals surface area contributed by atoms with Crippen LogP contribution < -0.4 is 11.3 Å². The number of halogens is 1. The number of nitrogens with zero attached hydrogens (tertiary/aromatic N) is 1. The van der Waals surface area contributed by atoms with Gasteiger partial charge in [0.1, 0.15) is 5.69 Å². The summed E-state index contributed by atoms with van der Waals surface area (Å²) in [6.45, 7) is 0. The number of nitrogens with two attached hydrogens (primary N) is 1. The van der Waals surface area contributed by atoms with Crippen LogP contribution in [0.2, 0.25) is 5.02 Å². The maximum absolute atomic E-state index is 10.9. The van der Waals surface area contributed by atoms with Crippen molar-refractivity contribution in [3.8, 4) is 0 Å². The fourth-order valence-corrected chi connectivity index (χ4v) is 2.97. The van der Waals surface area contributed by atoms with E-state index in [1.165, 1.54) is 17.8 Å². The number of nitro groups is 1. The van der Waals surface area contributed by atoms with Gasteiger partial charge in [0.15, 0.2) is 0 Å². The van der Waals surface area contributed by atoms with Crippen molar-refractivity contribution in [2.24, 2.45) is 5.84 Å². The quantitative estimate of drug-likeness (QED) is 0.380. The molecule has 5 nitrogen and oxygen atoms in total. The molecule has 3 N–H and O–H groups in total. The molecule has 0 saturated carbocycles. The molecule has 0 bridgehead atoms. The number of nitrogen functional groups attached to an aromatic ring is 1. The van der Waals surface area contributed by atoms with E-state index in [0.717, 1.165) is 10.5 Å². The minimum absolute atomic E-state index is 0.0373. The highest BCUT2D eigenvalue weighted by molar-refractivity contribution is 7.98. The van der Waals surface area contributed by atoms with Crippen LogP contribution >= 0.6 is 23.4 Å². The van der Waals surface area contributed by atoms with Gasteiger partial charge in [-0.1, -0.05) is 35.9 Å². The zero-order valence-electron chi connectivity index (χ0n) is 10.4. The molecule has 0 atom stereocenters. The van der Waals surface area contributed by atoms with E-state index < -0.39 is 4.92 Å². The molecule has 0 aliphatic carbocycles. The second kappa shape index (κ2) is 6.60. The maximum Gasteiger partial charge on any atom is 0.293 e. The molecule has 7 heteroatoms. The average Bonchev–Trinajstić information content (AvgIpc) is 2.45. The van der Waals surface area contributed by atoms with Gasteiger partial charge in [-0.25, -0.2) is 0 Å². The van der Waals surface area contributed by atoms with Gasteiger partial charge in [-0.15, -0.1) is 11.8 Å². The largest absolute Gasteiger partial charge is 0.318 e. The molecular weight excluding hydrogens is 298 g/mol. The highest BCUT2D eigenvalue weighted by Crippen LogP contribution is 2.34. The standard InChI is InChI=1S/C13H12ClN3O2S/c14-10-5-1-2-7-12(10)20-8-9-4-3-6-11(17(18)19)13(9)16-15/h1-7,16H,8,15H2. The number of hydrogen-bond acceptors (Lipinski definition) is 5. The van der Waals surface area contributed by atoms with Gasteiger partial charge in [0.2, 0.25) is 0 Å². The Bertz CT molecular complexity index is 637. The Morgan fingerprint density at radius 3 is 2.65 bits per heavy atom. The van der Waals surface area contributed by atoms with Crippen LogP contribution in [0.4, 0.5) is 11.4 Å². The Kier molecular flexibility index (Phi) is 4.84. The first-order chi connectivity index (χ1) is 9.63. The number of thioether (sulfide) groups is 1. The van der Waals surface area contributed by atoms with Gasteiger partial charge in [-0.2, -0.15) is 0 Å². The third-order valence-electron chi connectivity index (χ3n) is 2.69. The molecule has 2 rings (SSSR count). The van der Waals surface area contributed by atoms with Crippen molar-refractivity contribution in [2.75, 3.05) is 5.43 Å². The van der Waals surface area contributed by atoms with Gasteiger partial charge in [-0.3, -0.25) is 16.0 Å². The van der Waals surface area contributed by atoms with E-state index in [9.17, 15) is 10.1 Å². The molecule has 0 aromatic heterocycles. The fraction of sp³-hybridized carbons (Fsp3) is 0.0769. The molecular formula is C13H12ClN3O2S. The van der Waals surface area contributed by atoms with Gasteiger partial charge in [0.05, 0.1) is 9.95 Å². The van der Waals surface area contributed by atoms with Gasteiger partial charge in [0.25, 0.3) is 5.69 Å². The molecule has 0 aliphatic rings. The molecule has 0 aliphatic heterocycles. The van der Waals surface area contributed by atoms with Crippen molar-refractivity contribution in [1.82, 2.24) is 0 Å². The van der Waals surface area contributed by atoms with Gasteiger partial charge in [0, 0.05) is 16.7 Å². The van der Waals surface area contributed by atoms with Crippen LogP contribution in [0.25, 0.3) is 0 Å². The lowest BCUT2D eigenvalue weighted by Gasteiger charge is -2.09. The van der Waals surface area contributed by atoms with Crippen LogP contribution in [-0.2, 0) is 5.75 Å². The molecule has 0 amide bonds. The van der Waals surface area contributed by atoms with E-state index in [1.54, 1.807) is 18.2 Å². The van der Waals surface area contributed by atoms with Crippen molar-refractivity contribution in [1.29, 1.82) is 0 Å². The Hall–Kier alpha value is -1.76. The number of rotatable bonds is 5. The zero-order valence-corrected chi connectivity index (χ0v) is 11.9.